The fourth-order valence-electron chi connectivity index (χ4n) is 2.93. The molecule has 0 radical (unpaired) electrons. The lowest BCUT2D eigenvalue weighted by molar-refractivity contribution is 0.900. The highest BCUT2D eigenvalue weighted by Gasteiger charge is 2.14. The zero-order chi connectivity index (χ0) is 18.6. The van der Waals surface area contributed by atoms with Crippen LogP contribution in [0, 0.1) is 6.92 Å². The summed E-state index contributed by atoms with van der Waals surface area (Å²) >= 11 is 7.83. The first kappa shape index (κ1) is 17.9. The molecule has 1 heterocycles. The molecule has 0 amide bonds. The Morgan fingerprint density at radius 3 is 2.30 bits per heavy atom. The molecule has 0 saturated carbocycles. The summed E-state index contributed by atoms with van der Waals surface area (Å²) in [6.07, 6.45) is 1.95. The highest BCUT2D eigenvalue weighted by atomic mass is 35.5. The Hall–Kier alpha value is -2.49. The Morgan fingerprint density at radius 1 is 0.889 bits per heavy atom. The van der Waals surface area contributed by atoms with Crippen molar-refractivity contribution in [2.75, 3.05) is 0 Å². The second-order valence-corrected chi connectivity index (χ2v) is 7.76. The van der Waals surface area contributed by atoms with Crippen LogP contribution in [0.15, 0.2) is 90.2 Å². The van der Waals surface area contributed by atoms with E-state index >= 15 is 0 Å². The molecule has 0 fully saturated rings. The first-order chi connectivity index (χ1) is 13.2. The minimum absolute atomic E-state index is 0.731. The van der Waals surface area contributed by atoms with E-state index in [9.17, 15) is 0 Å². The molecule has 0 spiro atoms. The van der Waals surface area contributed by atoms with E-state index in [0.29, 0.717) is 0 Å². The van der Waals surface area contributed by atoms with Gasteiger partial charge in [-0.3, -0.25) is 4.57 Å². The van der Waals surface area contributed by atoms with Crippen LogP contribution >= 0.6 is 23.4 Å². The Kier molecular flexibility index (Phi) is 5.33. The van der Waals surface area contributed by atoms with Gasteiger partial charge in [-0.1, -0.05) is 83.5 Å². The van der Waals surface area contributed by atoms with Gasteiger partial charge in [0.2, 0.25) is 0 Å². The number of nitrogens with zero attached hydrogens (tertiary/aromatic N) is 2. The summed E-state index contributed by atoms with van der Waals surface area (Å²) in [6.45, 7) is 2.10. The molecule has 3 aromatic carbocycles. The van der Waals surface area contributed by atoms with Gasteiger partial charge in [-0.2, -0.15) is 0 Å². The van der Waals surface area contributed by atoms with Gasteiger partial charge in [0.1, 0.15) is 0 Å². The summed E-state index contributed by atoms with van der Waals surface area (Å²) in [5, 5.41) is 1.70. The van der Waals surface area contributed by atoms with E-state index in [1.807, 2.05) is 36.5 Å². The van der Waals surface area contributed by atoms with Crippen LogP contribution in [0.5, 0.6) is 0 Å². The predicted molar refractivity (Wildman–Crippen MR) is 115 cm³/mol. The molecule has 2 nitrogen and oxygen atoms in total. The normalized spacial score (nSPS) is 10.9. The highest BCUT2D eigenvalue weighted by molar-refractivity contribution is 7.98. The zero-order valence-electron chi connectivity index (χ0n) is 15.0. The monoisotopic (exact) mass is 390 g/mol. The first-order valence-electron chi connectivity index (χ1n) is 8.78. The van der Waals surface area contributed by atoms with Crippen molar-refractivity contribution in [2.24, 2.45) is 0 Å². The summed E-state index contributed by atoms with van der Waals surface area (Å²) in [6, 6.07) is 26.9. The van der Waals surface area contributed by atoms with Crippen LogP contribution in [0.1, 0.15) is 11.1 Å². The largest absolute Gasteiger partial charge is 0.287 e. The van der Waals surface area contributed by atoms with Crippen molar-refractivity contribution in [1.29, 1.82) is 0 Å². The van der Waals surface area contributed by atoms with E-state index in [1.165, 1.54) is 11.1 Å². The molecule has 4 rings (SSSR count). The number of thioether (sulfide) groups is 1. The van der Waals surface area contributed by atoms with Gasteiger partial charge in [0, 0.05) is 22.0 Å². The summed E-state index contributed by atoms with van der Waals surface area (Å²) in [4.78, 5) is 4.72. The lowest BCUT2D eigenvalue weighted by atomic mass is 10.1. The highest BCUT2D eigenvalue weighted by Crippen LogP contribution is 2.32. The van der Waals surface area contributed by atoms with Crippen molar-refractivity contribution in [3.05, 3.63) is 101 Å². The molecule has 0 N–H and O–H groups in total. The molecule has 4 aromatic rings. The molecule has 0 aliphatic carbocycles. The number of hydrogen-bond acceptors (Lipinski definition) is 2. The van der Waals surface area contributed by atoms with Crippen molar-refractivity contribution in [3.8, 4) is 16.9 Å². The maximum Gasteiger partial charge on any atom is 0.173 e. The van der Waals surface area contributed by atoms with Gasteiger partial charge < -0.3 is 0 Å². The molecule has 0 aliphatic rings. The van der Waals surface area contributed by atoms with Crippen molar-refractivity contribution >= 4 is 23.4 Å². The molecular weight excluding hydrogens is 372 g/mol. The topological polar surface area (TPSA) is 17.8 Å². The molecule has 1 aromatic heterocycles. The van der Waals surface area contributed by atoms with Gasteiger partial charge in [-0.15, -0.1) is 0 Å². The number of imidazole rings is 1. The standard InChI is InChI=1S/C23H19ClN2S/c1-17-7-9-19(10-8-17)22-15-25-23(27-16-18-5-3-2-4-6-18)26(22)21-13-11-20(24)12-14-21/h2-15H,16H2,1H3. The predicted octanol–water partition coefficient (Wildman–Crippen LogP) is 6.79. The fraction of sp³-hybridized carbons (Fsp3) is 0.0870. The van der Waals surface area contributed by atoms with Gasteiger partial charge in [-0.25, -0.2) is 4.98 Å². The van der Waals surface area contributed by atoms with E-state index in [4.69, 9.17) is 16.6 Å². The summed E-state index contributed by atoms with van der Waals surface area (Å²) in [5.74, 6) is 0.874. The van der Waals surface area contributed by atoms with Gasteiger partial charge in [0.15, 0.2) is 5.16 Å². The number of halogens is 1. The molecule has 0 saturated heterocycles. The number of aryl methyl sites for hydroxylation is 1. The average Bonchev–Trinajstić information content (AvgIpc) is 3.12. The van der Waals surface area contributed by atoms with E-state index in [0.717, 1.165) is 32.9 Å². The number of rotatable bonds is 5. The average molecular weight is 391 g/mol. The van der Waals surface area contributed by atoms with Crippen molar-refractivity contribution in [1.82, 2.24) is 9.55 Å². The summed E-state index contributed by atoms with van der Waals surface area (Å²) < 4.78 is 2.20. The second-order valence-electron chi connectivity index (χ2n) is 6.38. The molecule has 0 atom stereocenters. The van der Waals surface area contributed by atoms with Gasteiger partial charge in [0.25, 0.3) is 0 Å². The van der Waals surface area contributed by atoms with Crippen LogP contribution in [0.3, 0.4) is 0 Å². The third kappa shape index (κ3) is 4.10. The Balaban J connectivity index is 1.74. The molecule has 0 unspecified atom stereocenters. The van der Waals surface area contributed by atoms with E-state index in [-0.39, 0.29) is 0 Å². The molecule has 0 aliphatic heterocycles. The van der Waals surface area contributed by atoms with E-state index < -0.39 is 0 Å². The molecule has 27 heavy (non-hydrogen) atoms. The van der Waals surface area contributed by atoms with Crippen LogP contribution in [0.2, 0.25) is 5.02 Å². The van der Waals surface area contributed by atoms with E-state index in [2.05, 4.69) is 60.0 Å². The van der Waals surface area contributed by atoms with Gasteiger partial charge in [0.05, 0.1) is 11.9 Å². The molecule has 4 heteroatoms. The van der Waals surface area contributed by atoms with Gasteiger partial charge in [-0.05, 0) is 36.8 Å². The van der Waals surface area contributed by atoms with Crippen LogP contribution < -0.4 is 0 Å². The second kappa shape index (κ2) is 8.03. The van der Waals surface area contributed by atoms with Crippen LogP contribution in [-0.2, 0) is 5.75 Å². The van der Waals surface area contributed by atoms with Crippen molar-refractivity contribution in [3.63, 3.8) is 0 Å². The quantitative estimate of drug-likeness (QED) is 0.349. The van der Waals surface area contributed by atoms with Crippen LogP contribution in [0.25, 0.3) is 16.9 Å². The maximum absolute atomic E-state index is 6.10. The Bertz CT molecular complexity index is 1020. The van der Waals surface area contributed by atoms with Crippen molar-refractivity contribution in [2.45, 2.75) is 17.8 Å². The Labute approximate surface area is 168 Å². The van der Waals surface area contributed by atoms with Crippen LogP contribution in [-0.4, -0.2) is 9.55 Å². The third-order valence-electron chi connectivity index (χ3n) is 4.37. The SMILES string of the molecule is Cc1ccc(-c2cnc(SCc3ccccc3)n2-c2ccc(Cl)cc2)cc1. The third-order valence-corrected chi connectivity index (χ3v) is 5.65. The minimum atomic E-state index is 0.731. The fourth-order valence-corrected chi connectivity index (χ4v) is 4.00. The molecule has 134 valence electrons. The summed E-state index contributed by atoms with van der Waals surface area (Å²) in [5.41, 5.74) is 5.81. The number of hydrogen-bond donors (Lipinski definition) is 0. The van der Waals surface area contributed by atoms with E-state index in [1.54, 1.807) is 11.8 Å². The van der Waals surface area contributed by atoms with Crippen molar-refractivity contribution < 1.29 is 0 Å². The molecular formula is C23H19ClN2S. The lowest BCUT2D eigenvalue weighted by Gasteiger charge is -2.12. The number of benzene rings is 3. The Morgan fingerprint density at radius 2 is 1.59 bits per heavy atom. The summed E-state index contributed by atoms with van der Waals surface area (Å²) in [7, 11) is 0. The van der Waals surface area contributed by atoms with Gasteiger partial charge >= 0.3 is 0 Å². The number of aromatic nitrogens is 2. The zero-order valence-corrected chi connectivity index (χ0v) is 16.5. The smallest absolute Gasteiger partial charge is 0.173 e. The maximum atomic E-state index is 6.10. The minimum Gasteiger partial charge on any atom is -0.287 e. The van der Waals surface area contributed by atoms with Crippen LogP contribution in [0.4, 0.5) is 0 Å². The molecule has 0 bridgehead atoms. The lowest BCUT2D eigenvalue weighted by Crippen LogP contribution is -1.99. The first-order valence-corrected chi connectivity index (χ1v) is 10.1.